The minimum absolute atomic E-state index is 0.0135. The summed E-state index contributed by atoms with van der Waals surface area (Å²) in [7, 11) is -3.54. The topological polar surface area (TPSA) is 49.4 Å². The van der Waals surface area contributed by atoms with Gasteiger partial charge in [-0.3, -0.25) is 0 Å². The highest BCUT2D eigenvalue weighted by atomic mass is 79.9. The molecular formula is C16H24Br2N2O2S. The minimum atomic E-state index is -3.54. The van der Waals surface area contributed by atoms with Crippen LogP contribution in [0.2, 0.25) is 0 Å². The Bertz CT molecular complexity index is 649. The lowest BCUT2D eigenvalue weighted by molar-refractivity contribution is 0.313. The van der Waals surface area contributed by atoms with Crippen molar-refractivity contribution < 1.29 is 8.42 Å². The number of hydrogen-bond donors (Lipinski definition) is 1. The predicted molar refractivity (Wildman–Crippen MR) is 101 cm³/mol. The molecule has 0 amide bonds. The number of rotatable bonds is 6. The van der Waals surface area contributed by atoms with Gasteiger partial charge in [0.2, 0.25) is 10.0 Å². The molecule has 130 valence electrons. The van der Waals surface area contributed by atoms with Crippen molar-refractivity contribution in [2.24, 2.45) is 5.92 Å². The summed E-state index contributed by atoms with van der Waals surface area (Å²) in [4.78, 5) is 0.329. The van der Waals surface area contributed by atoms with Crippen LogP contribution in [0.4, 0.5) is 0 Å². The summed E-state index contributed by atoms with van der Waals surface area (Å²) >= 11 is 6.77. The first-order chi connectivity index (χ1) is 10.7. The van der Waals surface area contributed by atoms with Crippen LogP contribution in [0.3, 0.4) is 0 Å². The Balaban J connectivity index is 2.37. The lowest BCUT2D eigenvalue weighted by Gasteiger charge is -2.29. The van der Waals surface area contributed by atoms with E-state index in [1.54, 1.807) is 16.4 Å². The van der Waals surface area contributed by atoms with Crippen LogP contribution in [0, 0.1) is 5.92 Å². The van der Waals surface area contributed by atoms with E-state index in [1.165, 1.54) is 0 Å². The third-order valence-corrected chi connectivity index (χ3v) is 7.58. The van der Waals surface area contributed by atoms with E-state index < -0.39 is 10.0 Å². The van der Waals surface area contributed by atoms with Crippen LogP contribution < -0.4 is 5.32 Å². The summed E-state index contributed by atoms with van der Waals surface area (Å²) in [6.07, 6.45) is 1.71. The molecule has 1 aromatic carbocycles. The van der Waals surface area contributed by atoms with Crippen molar-refractivity contribution in [3.8, 4) is 0 Å². The average Bonchev–Trinajstić information content (AvgIpc) is 2.87. The molecule has 7 heteroatoms. The van der Waals surface area contributed by atoms with Gasteiger partial charge in [0.25, 0.3) is 0 Å². The molecule has 23 heavy (non-hydrogen) atoms. The number of benzene rings is 1. The van der Waals surface area contributed by atoms with Crippen molar-refractivity contribution in [2.45, 2.75) is 50.6 Å². The third-order valence-electron chi connectivity index (χ3n) is 4.14. The van der Waals surface area contributed by atoms with Gasteiger partial charge in [-0.2, -0.15) is 4.31 Å². The lowest BCUT2D eigenvalue weighted by Crippen LogP contribution is -2.42. The van der Waals surface area contributed by atoms with E-state index in [1.807, 2.05) is 6.07 Å². The molecule has 0 aliphatic carbocycles. The smallest absolute Gasteiger partial charge is 0.244 e. The zero-order valence-corrected chi connectivity index (χ0v) is 17.7. The van der Waals surface area contributed by atoms with Gasteiger partial charge in [0.15, 0.2) is 0 Å². The average molecular weight is 468 g/mol. The van der Waals surface area contributed by atoms with Gasteiger partial charge in [0.05, 0.1) is 4.90 Å². The van der Waals surface area contributed by atoms with E-state index >= 15 is 0 Å². The monoisotopic (exact) mass is 466 g/mol. The molecule has 0 saturated carbocycles. The predicted octanol–water partition coefficient (Wildman–Crippen LogP) is 4.00. The molecule has 1 saturated heterocycles. The standard InChI is InChI=1S/C16H24Br2N2O2S/c1-11(2)6-7-20(14-8-12(3)19-10-14)23(21,22)16-9-13(17)4-5-15(16)18/h4-5,9,11-12,14,19H,6-8,10H2,1-3H3/t12-,14+/m0/s1. The van der Waals surface area contributed by atoms with Crippen molar-refractivity contribution in [1.29, 1.82) is 0 Å². The van der Waals surface area contributed by atoms with E-state index in [2.05, 4.69) is 57.9 Å². The molecule has 2 rings (SSSR count). The number of halogens is 2. The van der Waals surface area contributed by atoms with Gasteiger partial charge in [-0.05, 0) is 59.8 Å². The van der Waals surface area contributed by atoms with Gasteiger partial charge in [0, 0.05) is 34.1 Å². The van der Waals surface area contributed by atoms with Crippen molar-refractivity contribution in [1.82, 2.24) is 9.62 Å². The van der Waals surface area contributed by atoms with Crippen LogP contribution in [0.25, 0.3) is 0 Å². The van der Waals surface area contributed by atoms with Gasteiger partial charge in [-0.15, -0.1) is 0 Å². The molecule has 2 atom stereocenters. The molecule has 1 aliphatic heterocycles. The molecule has 1 aliphatic rings. The second-order valence-electron chi connectivity index (χ2n) is 6.57. The van der Waals surface area contributed by atoms with Crippen molar-refractivity contribution in [2.75, 3.05) is 13.1 Å². The Hall–Kier alpha value is 0.0500. The van der Waals surface area contributed by atoms with Crippen molar-refractivity contribution >= 4 is 41.9 Å². The zero-order chi connectivity index (χ0) is 17.2. The fraction of sp³-hybridized carbons (Fsp3) is 0.625. The first kappa shape index (κ1) is 19.4. The second kappa shape index (κ2) is 7.95. The first-order valence-corrected chi connectivity index (χ1v) is 10.9. The maximum atomic E-state index is 13.3. The molecular weight excluding hydrogens is 444 g/mol. The number of nitrogens with one attached hydrogen (secondary N) is 1. The van der Waals surface area contributed by atoms with E-state index in [9.17, 15) is 8.42 Å². The molecule has 1 N–H and O–H groups in total. The number of sulfonamides is 1. The van der Waals surface area contributed by atoms with Crippen LogP contribution in [-0.2, 0) is 10.0 Å². The summed E-state index contributed by atoms with van der Waals surface area (Å²) in [6, 6.07) is 5.64. The Morgan fingerprint density at radius 1 is 1.35 bits per heavy atom. The Morgan fingerprint density at radius 2 is 2.04 bits per heavy atom. The molecule has 0 spiro atoms. The Labute approximate surface area is 156 Å². The molecule has 1 heterocycles. The quantitative estimate of drug-likeness (QED) is 0.687. The van der Waals surface area contributed by atoms with Crippen molar-refractivity contribution in [3.63, 3.8) is 0 Å². The van der Waals surface area contributed by atoms with E-state index in [4.69, 9.17) is 0 Å². The molecule has 0 radical (unpaired) electrons. The molecule has 0 aromatic heterocycles. The third kappa shape index (κ3) is 4.78. The van der Waals surface area contributed by atoms with Crippen LogP contribution in [0.15, 0.2) is 32.0 Å². The summed E-state index contributed by atoms with van der Waals surface area (Å²) in [5, 5.41) is 3.36. The van der Waals surface area contributed by atoms with Crippen LogP contribution >= 0.6 is 31.9 Å². The molecule has 1 fully saturated rings. The first-order valence-electron chi connectivity index (χ1n) is 7.92. The Kier molecular flexibility index (Phi) is 6.70. The molecule has 1 aromatic rings. The fourth-order valence-electron chi connectivity index (χ4n) is 2.82. The largest absolute Gasteiger partial charge is 0.313 e. The van der Waals surface area contributed by atoms with Crippen LogP contribution in [0.5, 0.6) is 0 Å². The Morgan fingerprint density at radius 3 is 2.61 bits per heavy atom. The van der Waals surface area contributed by atoms with Gasteiger partial charge in [-0.1, -0.05) is 29.8 Å². The van der Waals surface area contributed by atoms with Gasteiger partial charge < -0.3 is 5.32 Å². The summed E-state index contributed by atoms with van der Waals surface area (Å²) in [5.74, 6) is 0.463. The SMILES string of the molecule is CC(C)CCN([C@H]1CN[C@@H](C)C1)S(=O)(=O)c1cc(Br)ccc1Br. The maximum Gasteiger partial charge on any atom is 0.244 e. The highest BCUT2D eigenvalue weighted by Crippen LogP contribution is 2.31. The highest BCUT2D eigenvalue weighted by molar-refractivity contribution is 9.11. The van der Waals surface area contributed by atoms with Gasteiger partial charge in [-0.25, -0.2) is 8.42 Å². The summed E-state index contributed by atoms with van der Waals surface area (Å²) < 4.78 is 29.6. The van der Waals surface area contributed by atoms with Crippen molar-refractivity contribution in [3.05, 3.63) is 27.1 Å². The normalized spacial score (nSPS) is 22.2. The second-order valence-corrected chi connectivity index (χ2v) is 10.2. The highest BCUT2D eigenvalue weighted by Gasteiger charge is 2.36. The molecule has 0 unspecified atom stereocenters. The van der Waals surface area contributed by atoms with Crippen LogP contribution in [0.1, 0.15) is 33.6 Å². The van der Waals surface area contributed by atoms with Crippen LogP contribution in [-0.4, -0.2) is 37.9 Å². The maximum absolute atomic E-state index is 13.3. The zero-order valence-electron chi connectivity index (χ0n) is 13.7. The molecule has 0 bridgehead atoms. The van der Waals surface area contributed by atoms with Gasteiger partial charge in [0.1, 0.15) is 0 Å². The fourth-order valence-corrected chi connectivity index (χ4v) is 5.93. The van der Waals surface area contributed by atoms with Gasteiger partial charge >= 0.3 is 0 Å². The number of nitrogens with zero attached hydrogens (tertiary/aromatic N) is 1. The minimum Gasteiger partial charge on any atom is -0.313 e. The molecule has 4 nitrogen and oxygen atoms in total. The lowest BCUT2D eigenvalue weighted by atomic mass is 10.1. The van der Waals surface area contributed by atoms with E-state index in [0.717, 1.165) is 17.3 Å². The summed E-state index contributed by atoms with van der Waals surface area (Å²) in [5.41, 5.74) is 0. The number of hydrogen-bond acceptors (Lipinski definition) is 3. The van der Waals surface area contributed by atoms with E-state index in [-0.39, 0.29) is 6.04 Å². The van der Waals surface area contributed by atoms with E-state index in [0.29, 0.717) is 34.4 Å². The summed E-state index contributed by atoms with van der Waals surface area (Å²) in [6.45, 7) is 7.61.